The molecule has 0 aliphatic rings. The summed E-state index contributed by atoms with van der Waals surface area (Å²) in [6, 6.07) is 8.45. The summed E-state index contributed by atoms with van der Waals surface area (Å²) >= 11 is 11.1. The molecule has 0 unspecified atom stereocenters. The van der Waals surface area contributed by atoms with Crippen molar-refractivity contribution in [3.8, 4) is 23.0 Å². The van der Waals surface area contributed by atoms with Gasteiger partial charge in [0.15, 0.2) is 28.1 Å². The van der Waals surface area contributed by atoms with E-state index in [9.17, 15) is 5.11 Å². The molecule has 0 amide bonds. The largest absolute Gasteiger partial charge is 0.503 e. The van der Waals surface area contributed by atoms with Crippen LogP contribution in [0.2, 0.25) is 5.02 Å². The smallest absolute Gasteiger partial charge is 0.191 e. The molecule has 7 nitrogen and oxygen atoms in total. The van der Waals surface area contributed by atoms with E-state index in [-0.39, 0.29) is 21.6 Å². The molecule has 0 aliphatic carbocycles. The first-order valence-electron chi connectivity index (χ1n) is 7.37. The van der Waals surface area contributed by atoms with Gasteiger partial charge in [-0.3, -0.25) is 5.43 Å². The summed E-state index contributed by atoms with van der Waals surface area (Å²) in [5.41, 5.74) is 4.03. The molecule has 0 bridgehead atoms. The molecule has 0 saturated heterocycles. The average Bonchev–Trinajstić information content (AvgIpc) is 2.64. The van der Waals surface area contributed by atoms with Crippen LogP contribution in [0.5, 0.6) is 23.0 Å². The maximum absolute atomic E-state index is 9.71. The summed E-state index contributed by atoms with van der Waals surface area (Å²) in [4.78, 5) is 0. The fourth-order valence-electron chi connectivity index (χ4n) is 2.06. The highest BCUT2D eigenvalue weighted by molar-refractivity contribution is 7.80. The van der Waals surface area contributed by atoms with E-state index >= 15 is 0 Å². The van der Waals surface area contributed by atoms with Crippen molar-refractivity contribution in [3.05, 3.63) is 40.9 Å². The van der Waals surface area contributed by atoms with Gasteiger partial charge in [0.05, 0.1) is 32.6 Å². The SMILES string of the molecule is COc1ccc(NC(=S)N/N=C/c2cc(Cl)c(O)c(OC)c2)cc1OC. The summed E-state index contributed by atoms with van der Waals surface area (Å²) in [7, 11) is 4.56. The van der Waals surface area contributed by atoms with Crippen LogP contribution in [-0.4, -0.2) is 37.8 Å². The van der Waals surface area contributed by atoms with Crippen LogP contribution in [0.25, 0.3) is 0 Å². The fraction of sp³-hybridized carbons (Fsp3) is 0.176. The Morgan fingerprint density at radius 2 is 1.77 bits per heavy atom. The number of hydrogen-bond acceptors (Lipinski definition) is 6. The topological polar surface area (TPSA) is 84.3 Å². The number of anilines is 1. The Kier molecular flexibility index (Phi) is 6.88. The number of rotatable bonds is 6. The molecule has 0 aliphatic heterocycles. The highest BCUT2D eigenvalue weighted by Crippen LogP contribution is 2.34. The lowest BCUT2D eigenvalue weighted by molar-refractivity contribution is 0.355. The van der Waals surface area contributed by atoms with E-state index in [0.29, 0.717) is 22.7 Å². The van der Waals surface area contributed by atoms with E-state index in [4.69, 9.17) is 38.0 Å². The van der Waals surface area contributed by atoms with Crippen LogP contribution in [0.1, 0.15) is 5.56 Å². The monoisotopic (exact) mass is 395 g/mol. The van der Waals surface area contributed by atoms with Crippen LogP contribution in [0.15, 0.2) is 35.4 Å². The molecule has 26 heavy (non-hydrogen) atoms. The minimum atomic E-state index is -0.120. The minimum Gasteiger partial charge on any atom is -0.503 e. The average molecular weight is 396 g/mol. The predicted octanol–water partition coefficient (Wildman–Crippen LogP) is 3.39. The van der Waals surface area contributed by atoms with Crippen molar-refractivity contribution >= 4 is 40.8 Å². The predicted molar refractivity (Wildman–Crippen MR) is 106 cm³/mol. The van der Waals surface area contributed by atoms with Gasteiger partial charge >= 0.3 is 0 Å². The molecule has 0 radical (unpaired) electrons. The van der Waals surface area contributed by atoms with Gasteiger partial charge in [-0.15, -0.1) is 0 Å². The number of ether oxygens (including phenoxy) is 3. The number of phenols is 1. The normalized spacial score (nSPS) is 10.5. The van der Waals surface area contributed by atoms with Crippen LogP contribution in [-0.2, 0) is 0 Å². The van der Waals surface area contributed by atoms with E-state index in [1.54, 1.807) is 44.6 Å². The van der Waals surface area contributed by atoms with Crippen LogP contribution < -0.4 is 25.0 Å². The summed E-state index contributed by atoms with van der Waals surface area (Å²) in [6.07, 6.45) is 1.50. The van der Waals surface area contributed by atoms with Gasteiger partial charge in [-0.25, -0.2) is 0 Å². The summed E-state index contributed by atoms with van der Waals surface area (Å²) in [5, 5.41) is 17.2. The Hall–Kier alpha value is -2.71. The van der Waals surface area contributed by atoms with E-state index < -0.39 is 0 Å². The van der Waals surface area contributed by atoms with Crippen molar-refractivity contribution in [1.82, 2.24) is 5.43 Å². The van der Waals surface area contributed by atoms with Gasteiger partial charge in [0, 0.05) is 11.8 Å². The first-order valence-corrected chi connectivity index (χ1v) is 8.15. The lowest BCUT2D eigenvalue weighted by Crippen LogP contribution is -2.23. The van der Waals surface area contributed by atoms with E-state index in [1.165, 1.54) is 13.3 Å². The maximum Gasteiger partial charge on any atom is 0.191 e. The van der Waals surface area contributed by atoms with Gasteiger partial charge in [-0.2, -0.15) is 5.10 Å². The molecule has 0 fully saturated rings. The first kappa shape index (κ1) is 19.6. The lowest BCUT2D eigenvalue weighted by atomic mass is 10.2. The molecule has 2 rings (SSSR count). The third kappa shape index (κ3) is 4.90. The number of benzene rings is 2. The van der Waals surface area contributed by atoms with Gasteiger partial charge in [-0.1, -0.05) is 11.6 Å². The fourth-order valence-corrected chi connectivity index (χ4v) is 2.45. The molecule has 138 valence electrons. The van der Waals surface area contributed by atoms with E-state index in [2.05, 4.69) is 15.8 Å². The number of hydrazone groups is 1. The molecule has 0 spiro atoms. The second kappa shape index (κ2) is 9.12. The number of methoxy groups -OCH3 is 3. The third-order valence-corrected chi connectivity index (χ3v) is 3.77. The van der Waals surface area contributed by atoms with Crippen LogP contribution in [0.3, 0.4) is 0 Å². The standard InChI is InChI=1S/C17H18ClN3O4S/c1-23-13-5-4-11(8-14(13)24-2)20-17(26)21-19-9-10-6-12(18)16(22)15(7-10)25-3/h4-9,22H,1-3H3,(H2,20,21,26)/b19-9+. The number of phenolic OH excluding ortho intramolecular Hbond substituents is 1. The zero-order chi connectivity index (χ0) is 19.1. The second-order valence-electron chi connectivity index (χ2n) is 4.95. The number of hydrogen-bond donors (Lipinski definition) is 3. The second-order valence-corrected chi connectivity index (χ2v) is 5.76. The minimum absolute atomic E-state index is 0.120. The molecular weight excluding hydrogens is 378 g/mol. The Morgan fingerprint density at radius 3 is 2.42 bits per heavy atom. The molecule has 3 N–H and O–H groups in total. The third-order valence-electron chi connectivity index (χ3n) is 3.29. The van der Waals surface area contributed by atoms with Crippen molar-refractivity contribution in [2.75, 3.05) is 26.6 Å². The van der Waals surface area contributed by atoms with Gasteiger partial charge in [0.1, 0.15) is 0 Å². The van der Waals surface area contributed by atoms with E-state index in [0.717, 1.165) is 0 Å². The van der Waals surface area contributed by atoms with Crippen molar-refractivity contribution in [2.24, 2.45) is 5.10 Å². The van der Waals surface area contributed by atoms with Crippen molar-refractivity contribution in [3.63, 3.8) is 0 Å². The van der Waals surface area contributed by atoms with Crippen LogP contribution in [0.4, 0.5) is 5.69 Å². The van der Waals surface area contributed by atoms with Crippen LogP contribution in [0, 0.1) is 0 Å². The number of nitrogens with zero attached hydrogens (tertiary/aromatic N) is 1. The zero-order valence-corrected chi connectivity index (χ0v) is 15.9. The van der Waals surface area contributed by atoms with Crippen molar-refractivity contribution in [1.29, 1.82) is 0 Å². The Labute approximate surface area is 161 Å². The number of halogens is 1. The van der Waals surface area contributed by atoms with Crippen LogP contribution >= 0.6 is 23.8 Å². The van der Waals surface area contributed by atoms with Crippen molar-refractivity contribution in [2.45, 2.75) is 0 Å². The van der Waals surface area contributed by atoms with Gasteiger partial charge in [0.2, 0.25) is 0 Å². The molecule has 2 aromatic carbocycles. The number of aromatic hydroxyl groups is 1. The molecule has 9 heteroatoms. The highest BCUT2D eigenvalue weighted by atomic mass is 35.5. The quantitative estimate of drug-likeness (QED) is 0.392. The van der Waals surface area contributed by atoms with Crippen molar-refractivity contribution < 1.29 is 19.3 Å². The Balaban J connectivity index is 2.01. The molecular formula is C17H18ClN3O4S. The lowest BCUT2D eigenvalue weighted by Gasteiger charge is -2.11. The highest BCUT2D eigenvalue weighted by Gasteiger charge is 2.08. The Bertz CT molecular complexity index is 830. The summed E-state index contributed by atoms with van der Waals surface area (Å²) in [6.45, 7) is 0. The Morgan fingerprint density at radius 1 is 1.08 bits per heavy atom. The molecule has 2 aromatic rings. The first-order chi connectivity index (χ1) is 12.5. The maximum atomic E-state index is 9.71. The molecule has 0 atom stereocenters. The summed E-state index contributed by atoms with van der Waals surface area (Å²) in [5.74, 6) is 1.33. The van der Waals surface area contributed by atoms with Gasteiger partial charge < -0.3 is 24.6 Å². The molecule has 0 aromatic heterocycles. The molecule has 0 heterocycles. The zero-order valence-electron chi connectivity index (χ0n) is 14.4. The van der Waals surface area contributed by atoms with Gasteiger partial charge in [0.25, 0.3) is 0 Å². The van der Waals surface area contributed by atoms with E-state index in [1.807, 2.05) is 0 Å². The number of thiocarbonyl (C=S) groups is 1. The number of nitrogens with one attached hydrogen (secondary N) is 2. The summed E-state index contributed by atoms with van der Waals surface area (Å²) < 4.78 is 15.5. The van der Waals surface area contributed by atoms with Gasteiger partial charge in [-0.05, 0) is 42.0 Å². The molecule has 0 saturated carbocycles.